The Morgan fingerprint density at radius 2 is 2.11 bits per heavy atom. The molecule has 0 bridgehead atoms. The van der Waals surface area contributed by atoms with Crippen LogP contribution in [0, 0.1) is 0 Å². The van der Waals surface area contributed by atoms with Gasteiger partial charge in [0.05, 0.1) is 6.10 Å². The van der Waals surface area contributed by atoms with Gasteiger partial charge in [-0.2, -0.15) is 0 Å². The summed E-state index contributed by atoms with van der Waals surface area (Å²) in [7, 11) is 0. The maximum absolute atomic E-state index is 12.5. The molecule has 3 atom stereocenters. The first-order chi connectivity index (χ1) is 4.20. The number of hydrogen-bond donors (Lipinski definition) is 2. The smallest absolute Gasteiger partial charge is 0.118 e. The minimum atomic E-state index is -0.992. The van der Waals surface area contributed by atoms with Crippen LogP contribution in [0.4, 0.5) is 4.39 Å². The lowest BCUT2D eigenvalue weighted by atomic mass is 9.92. The Bertz CT molecular complexity index is 99.1. The SMILES string of the molecule is N[C@@H]1CC[C@H](O)C[C@@H]1F. The second-order valence-electron chi connectivity index (χ2n) is 2.65. The van der Waals surface area contributed by atoms with Gasteiger partial charge in [0.2, 0.25) is 0 Å². The summed E-state index contributed by atoms with van der Waals surface area (Å²) in [6.07, 6.45) is 0.0407. The molecule has 0 spiro atoms. The van der Waals surface area contributed by atoms with Crippen LogP contribution in [0.15, 0.2) is 0 Å². The maximum Gasteiger partial charge on any atom is 0.118 e. The van der Waals surface area contributed by atoms with Crippen molar-refractivity contribution in [2.75, 3.05) is 0 Å². The second kappa shape index (κ2) is 2.62. The van der Waals surface area contributed by atoms with E-state index in [-0.39, 0.29) is 12.5 Å². The van der Waals surface area contributed by atoms with E-state index in [4.69, 9.17) is 10.8 Å². The Balaban J connectivity index is 2.35. The van der Waals surface area contributed by atoms with Crippen LogP contribution >= 0.6 is 0 Å². The van der Waals surface area contributed by atoms with Gasteiger partial charge in [0.1, 0.15) is 6.17 Å². The van der Waals surface area contributed by atoms with E-state index in [1.165, 1.54) is 0 Å². The summed E-state index contributed by atoms with van der Waals surface area (Å²) in [5.74, 6) is 0. The second-order valence-corrected chi connectivity index (χ2v) is 2.65. The molecule has 0 aromatic carbocycles. The molecule has 3 heteroatoms. The Morgan fingerprint density at radius 3 is 2.56 bits per heavy atom. The van der Waals surface area contributed by atoms with E-state index < -0.39 is 12.3 Å². The van der Waals surface area contributed by atoms with E-state index in [2.05, 4.69) is 0 Å². The van der Waals surface area contributed by atoms with Crippen molar-refractivity contribution >= 4 is 0 Å². The van der Waals surface area contributed by atoms with Gasteiger partial charge in [0.25, 0.3) is 0 Å². The van der Waals surface area contributed by atoms with Crippen LogP contribution in [0.1, 0.15) is 19.3 Å². The van der Waals surface area contributed by atoms with Crippen LogP contribution in [0.3, 0.4) is 0 Å². The van der Waals surface area contributed by atoms with Gasteiger partial charge in [-0.05, 0) is 12.8 Å². The molecule has 2 nitrogen and oxygen atoms in total. The highest BCUT2D eigenvalue weighted by Crippen LogP contribution is 2.19. The van der Waals surface area contributed by atoms with E-state index in [9.17, 15) is 4.39 Å². The van der Waals surface area contributed by atoms with Crippen LogP contribution in [-0.2, 0) is 0 Å². The van der Waals surface area contributed by atoms with E-state index in [0.29, 0.717) is 12.8 Å². The van der Waals surface area contributed by atoms with Gasteiger partial charge in [-0.15, -0.1) is 0 Å². The first kappa shape index (κ1) is 6.96. The zero-order chi connectivity index (χ0) is 6.85. The fourth-order valence-electron chi connectivity index (χ4n) is 1.12. The topological polar surface area (TPSA) is 46.2 Å². The van der Waals surface area contributed by atoms with E-state index in [1.54, 1.807) is 0 Å². The van der Waals surface area contributed by atoms with Crippen LogP contribution in [0.25, 0.3) is 0 Å². The molecule has 0 aromatic heterocycles. The van der Waals surface area contributed by atoms with Crippen molar-refractivity contribution in [2.45, 2.75) is 37.6 Å². The van der Waals surface area contributed by atoms with Gasteiger partial charge < -0.3 is 10.8 Å². The highest BCUT2D eigenvalue weighted by Gasteiger charge is 2.26. The standard InChI is InChI=1S/C6H12FNO/c7-5-3-4(9)1-2-6(5)8/h4-6,9H,1-3,8H2/t4-,5-,6+/m0/s1. The van der Waals surface area contributed by atoms with E-state index >= 15 is 0 Å². The van der Waals surface area contributed by atoms with Gasteiger partial charge in [-0.25, -0.2) is 4.39 Å². The summed E-state index contributed by atoms with van der Waals surface area (Å²) in [5, 5.41) is 8.90. The molecule has 0 saturated heterocycles. The van der Waals surface area contributed by atoms with E-state index in [1.807, 2.05) is 0 Å². The average molecular weight is 133 g/mol. The van der Waals surface area contributed by atoms with Crippen LogP contribution in [-0.4, -0.2) is 23.4 Å². The lowest BCUT2D eigenvalue weighted by molar-refractivity contribution is 0.0721. The summed E-state index contributed by atoms with van der Waals surface area (Å²) in [6.45, 7) is 0. The van der Waals surface area contributed by atoms with Crippen LogP contribution < -0.4 is 5.73 Å². The molecule has 1 aliphatic carbocycles. The number of halogens is 1. The zero-order valence-corrected chi connectivity index (χ0v) is 5.26. The third-order valence-electron chi connectivity index (χ3n) is 1.80. The van der Waals surface area contributed by atoms with Crippen molar-refractivity contribution in [2.24, 2.45) is 5.73 Å². The zero-order valence-electron chi connectivity index (χ0n) is 5.26. The van der Waals surface area contributed by atoms with Crippen molar-refractivity contribution in [3.8, 4) is 0 Å². The highest BCUT2D eigenvalue weighted by atomic mass is 19.1. The molecule has 1 saturated carbocycles. The predicted molar refractivity (Wildman–Crippen MR) is 32.7 cm³/mol. The fourth-order valence-corrected chi connectivity index (χ4v) is 1.12. The third kappa shape index (κ3) is 1.63. The number of rotatable bonds is 0. The molecule has 1 aliphatic rings. The quantitative estimate of drug-likeness (QED) is 0.495. The molecular formula is C6H12FNO. The lowest BCUT2D eigenvalue weighted by Crippen LogP contribution is -2.39. The molecule has 0 unspecified atom stereocenters. The molecule has 1 fully saturated rings. The fraction of sp³-hybridized carbons (Fsp3) is 1.00. The summed E-state index contributed by atoms with van der Waals surface area (Å²) in [5.41, 5.74) is 5.35. The van der Waals surface area contributed by atoms with Crippen LogP contribution in [0.5, 0.6) is 0 Å². The van der Waals surface area contributed by atoms with Gasteiger partial charge in [-0.1, -0.05) is 0 Å². The molecule has 3 N–H and O–H groups in total. The molecule has 9 heavy (non-hydrogen) atoms. The van der Waals surface area contributed by atoms with Gasteiger partial charge in [0, 0.05) is 12.5 Å². The molecule has 0 radical (unpaired) electrons. The normalized spacial score (nSPS) is 45.0. The van der Waals surface area contributed by atoms with Crippen molar-refractivity contribution in [1.29, 1.82) is 0 Å². The lowest BCUT2D eigenvalue weighted by Gasteiger charge is -2.25. The Labute approximate surface area is 53.9 Å². The number of nitrogens with two attached hydrogens (primary N) is 1. The number of hydrogen-bond acceptors (Lipinski definition) is 2. The van der Waals surface area contributed by atoms with Gasteiger partial charge >= 0.3 is 0 Å². The third-order valence-corrected chi connectivity index (χ3v) is 1.80. The summed E-state index contributed by atoms with van der Waals surface area (Å²) in [4.78, 5) is 0. The molecule has 0 amide bonds. The predicted octanol–water partition coefficient (Wildman–Crippen LogP) is 0.197. The summed E-state index contributed by atoms with van der Waals surface area (Å²) < 4.78 is 12.5. The van der Waals surface area contributed by atoms with Crippen molar-refractivity contribution in [3.63, 3.8) is 0 Å². The first-order valence-corrected chi connectivity index (χ1v) is 3.28. The van der Waals surface area contributed by atoms with Crippen molar-refractivity contribution < 1.29 is 9.50 Å². The Kier molecular flexibility index (Phi) is 2.03. The molecule has 0 heterocycles. The Morgan fingerprint density at radius 1 is 1.44 bits per heavy atom. The minimum Gasteiger partial charge on any atom is -0.393 e. The Hall–Kier alpha value is -0.150. The molecule has 1 rings (SSSR count). The largest absolute Gasteiger partial charge is 0.393 e. The maximum atomic E-state index is 12.5. The van der Waals surface area contributed by atoms with Crippen molar-refractivity contribution in [1.82, 2.24) is 0 Å². The highest BCUT2D eigenvalue weighted by molar-refractivity contribution is 4.81. The monoisotopic (exact) mass is 133 g/mol. The molecule has 54 valence electrons. The minimum absolute atomic E-state index is 0.223. The first-order valence-electron chi connectivity index (χ1n) is 3.28. The summed E-state index contributed by atoms with van der Waals surface area (Å²) >= 11 is 0. The molecule has 0 aliphatic heterocycles. The summed E-state index contributed by atoms with van der Waals surface area (Å²) in [6, 6.07) is -0.339. The van der Waals surface area contributed by atoms with E-state index in [0.717, 1.165) is 0 Å². The van der Waals surface area contributed by atoms with Crippen LogP contribution in [0.2, 0.25) is 0 Å². The molecule has 0 aromatic rings. The molecular weight excluding hydrogens is 121 g/mol. The average Bonchev–Trinajstić information content (AvgIpc) is 1.80. The van der Waals surface area contributed by atoms with Crippen molar-refractivity contribution in [3.05, 3.63) is 0 Å². The van der Waals surface area contributed by atoms with Gasteiger partial charge in [0.15, 0.2) is 0 Å². The number of aliphatic hydroxyl groups is 1. The number of aliphatic hydroxyl groups excluding tert-OH is 1. The number of alkyl halides is 1. The van der Waals surface area contributed by atoms with Gasteiger partial charge in [-0.3, -0.25) is 0 Å².